The van der Waals surface area contributed by atoms with Crippen LogP contribution in [0.25, 0.3) is 0 Å². The van der Waals surface area contributed by atoms with E-state index in [2.05, 4.69) is 86.8 Å². The van der Waals surface area contributed by atoms with Crippen LogP contribution >= 0.6 is 0 Å². The van der Waals surface area contributed by atoms with Gasteiger partial charge in [-0.3, -0.25) is 9.59 Å². The van der Waals surface area contributed by atoms with E-state index in [1.54, 1.807) is 0 Å². The standard InChI is InChI=1S/C53H95NO5/c1-4-7-10-13-16-19-21-23-25-26-28-30-32-34-37-40-43-46-53(58)59-49(44-41-38-35-18-15-12-9-6-3)47-52(57)54-50(48-55)51(56)45-42-39-36-33-31-29-27-24-22-20-17-14-11-8-5-2/h7,10,16,19,23,25,28,30,34,37,49-51,55-56H,4-6,8-9,11-15,17-18,20-22,24,26-27,29,31-33,35-36,38-48H2,1-3H3,(H,54,57)/b10-7-,19-16-,25-23-,30-28-,37-34-. The van der Waals surface area contributed by atoms with Gasteiger partial charge in [0.25, 0.3) is 0 Å². The molecule has 0 spiro atoms. The second kappa shape index (κ2) is 46.6. The van der Waals surface area contributed by atoms with Crippen LogP contribution in [0.3, 0.4) is 0 Å². The molecule has 59 heavy (non-hydrogen) atoms. The van der Waals surface area contributed by atoms with E-state index in [0.717, 1.165) is 77.0 Å². The van der Waals surface area contributed by atoms with Gasteiger partial charge in [0.2, 0.25) is 5.91 Å². The van der Waals surface area contributed by atoms with Gasteiger partial charge in [-0.05, 0) is 64.2 Å². The largest absolute Gasteiger partial charge is 0.462 e. The molecule has 0 saturated carbocycles. The number of unbranched alkanes of at least 4 members (excludes halogenated alkanes) is 22. The summed E-state index contributed by atoms with van der Waals surface area (Å²) in [6.45, 7) is 6.33. The average molecular weight is 826 g/mol. The highest BCUT2D eigenvalue weighted by Gasteiger charge is 2.24. The van der Waals surface area contributed by atoms with Crippen LogP contribution in [-0.4, -0.2) is 46.9 Å². The van der Waals surface area contributed by atoms with Crippen LogP contribution in [-0.2, 0) is 14.3 Å². The van der Waals surface area contributed by atoms with Crippen LogP contribution in [0.5, 0.6) is 0 Å². The Hall–Kier alpha value is -2.44. The second-order valence-electron chi connectivity index (χ2n) is 16.8. The topological polar surface area (TPSA) is 95.9 Å². The third-order valence-electron chi connectivity index (χ3n) is 11.1. The predicted octanol–water partition coefficient (Wildman–Crippen LogP) is 14.8. The minimum atomic E-state index is -0.796. The molecule has 3 unspecified atom stereocenters. The van der Waals surface area contributed by atoms with Crippen molar-refractivity contribution < 1.29 is 24.5 Å². The van der Waals surface area contributed by atoms with Gasteiger partial charge in [0.1, 0.15) is 6.10 Å². The number of hydrogen-bond donors (Lipinski definition) is 3. The molecule has 0 radical (unpaired) electrons. The van der Waals surface area contributed by atoms with Crippen molar-refractivity contribution in [1.82, 2.24) is 5.32 Å². The van der Waals surface area contributed by atoms with Crippen LogP contribution in [0.2, 0.25) is 0 Å². The Kier molecular flexibility index (Phi) is 44.7. The highest BCUT2D eigenvalue weighted by molar-refractivity contribution is 5.77. The number of carbonyl (C=O) groups is 2. The molecule has 0 aliphatic rings. The minimum Gasteiger partial charge on any atom is -0.462 e. The van der Waals surface area contributed by atoms with E-state index in [9.17, 15) is 19.8 Å². The number of aliphatic hydroxyl groups is 2. The van der Waals surface area contributed by atoms with Gasteiger partial charge in [0, 0.05) is 6.42 Å². The summed E-state index contributed by atoms with van der Waals surface area (Å²) in [5.41, 5.74) is 0. The van der Waals surface area contributed by atoms with Gasteiger partial charge in [-0.1, -0.05) is 223 Å². The first-order valence-electron chi connectivity index (χ1n) is 25.0. The maximum atomic E-state index is 13.1. The van der Waals surface area contributed by atoms with Crippen LogP contribution in [0.15, 0.2) is 60.8 Å². The molecular weight excluding hydrogens is 731 g/mol. The van der Waals surface area contributed by atoms with Crippen LogP contribution < -0.4 is 5.32 Å². The summed E-state index contributed by atoms with van der Waals surface area (Å²) >= 11 is 0. The molecule has 3 N–H and O–H groups in total. The normalized spacial score (nSPS) is 13.8. The molecule has 6 heteroatoms. The molecule has 0 rings (SSSR count). The zero-order chi connectivity index (χ0) is 43.1. The first-order chi connectivity index (χ1) is 29.0. The summed E-state index contributed by atoms with van der Waals surface area (Å²) in [7, 11) is 0. The maximum Gasteiger partial charge on any atom is 0.306 e. The number of ether oxygens (including phenoxy) is 1. The van der Waals surface area contributed by atoms with Gasteiger partial charge in [0.05, 0.1) is 25.2 Å². The number of aliphatic hydroxyl groups excluding tert-OH is 2. The van der Waals surface area contributed by atoms with Gasteiger partial charge in [-0.15, -0.1) is 0 Å². The fourth-order valence-corrected chi connectivity index (χ4v) is 7.35. The Morgan fingerprint density at radius 3 is 1.32 bits per heavy atom. The fourth-order valence-electron chi connectivity index (χ4n) is 7.35. The molecule has 6 nitrogen and oxygen atoms in total. The summed E-state index contributed by atoms with van der Waals surface area (Å²) in [5.74, 6) is -0.544. The Labute approximate surface area is 365 Å². The second-order valence-corrected chi connectivity index (χ2v) is 16.8. The minimum absolute atomic E-state index is 0.0548. The van der Waals surface area contributed by atoms with Crippen molar-refractivity contribution in [3.05, 3.63) is 60.8 Å². The molecule has 0 heterocycles. The molecule has 0 fully saturated rings. The molecular formula is C53H95NO5. The first-order valence-corrected chi connectivity index (χ1v) is 25.0. The van der Waals surface area contributed by atoms with Crippen molar-refractivity contribution in [3.8, 4) is 0 Å². The summed E-state index contributed by atoms with van der Waals surface area (Å²) in [5, 5.41) is 23.7. The summed E-state index contributed by atoms with van der Waals surface area (Å²) in [6.07, 6.45) is 57.2. The van der Waals surface area contributed by atoms with E-state index in [4.69, 9.17) is 4.74 Å². The van der Waals surface area contributed by atoms with E-state index in [1.165, 1.54) is 109 Å². The van der Waals surface area contributed by atoms with Gasteiger partial charge < -0.3 is 20.3 Å². The number of esters is 1. The lowest BCUT2D eigenvalue weighted by Gasteiger charge is -2.24. The predicted molar refractivity (Wildman–Crippen MR) is 255 cm³/mol. The van der Waals surface area contributed by atoms with Crippen molar-refractivity contribution in [1.29, 1.82) is 0 Å². The maximum absolute atomic E-state index is 13.1. The number of nitrogens with one attached hydrogen (secondary N) is 1. The molecule has 0 aromatic carbocycles. The number of rotatable bonds is 44. The lowest BCUT2D eigenvalue weighted by atomic mass is 10.0. The highest BCUT2D eigenvalue weighted by atomic mass is 16.5. The third-order valence-corrected chi connectivity index (χ3v) is 11.1. The molecule has 0 aromatic heterocycles. The lowest BCUT2D eigenvalue weighted by Crippen LogP contribution is -2.46. The third kappa shape index (κ3) is 42.1. The smallest absolute Gasteiger partial charge is 0.306 e. The van der Waals surface area contributed by atoms with Gasteiger partial charge in [0.15, 0.2) is 0 Å². The van der Waals surface area contributed by atoms with Crippen molar-refractivity contribution in [2.24, 2.45) is 0 Å². The zero-order valence-corrected chi connectivity index (χ0v) is 38.9. The van der Waals surface area contributed by atoms with Gasteiger partial charge in [-0.2, -0.15) is 0 Å². The lowest BCUT2D eigenvalue weighted by molar-refractivity contribution is -0.151. The molecule has 0 aliphatic carbocycles. The molecule has 0 saturated heterocycles. The Morgan fingerprint density at radius 2 is 0.898 bits per heavy atom. The Morgan fingerprint density at radius 1 is 0.508 bits per heavy atom. The molecule has 1 amide bonds. The van der Waals surface area contributed by atoms with E-state index >= 15 is 0 Å². The number of allylic oxidation sites excluding steroid dienone is 10. The fraction of sp³-hybridized carbons (Fsp3) is 0.774. The van der Waals surface area contributed by atoms with Gasteiger partial charge in [-0.25, -0.2) is 0 Å². The Bertz CT molecular complexity index is 1060. The quantitative estimate of drug-likeness (QED) is 0.0323. The van der Waals surface area contributed by atoms with Gasteiger partial charge >= 0.3 is 5.97 Å². The van der Waals surface area contributed by atoms with Crippen LogP contribution in [0.4, 0.5) is 0 Å². The molecule has 3 atom stereocenters. The number of hydrogen-bond acceptors (Lipinski definition) is 5. The highest BCUT2D eigenvalue weighted by Crippen LogP contribution is 2.17. The Balaban J connectivity index is 4.51. The molecule has 0 aromatic rings. The van der Waals surface area contributed by atoms with Crippen molar-refractivity contribution >= 4 is 11.9 Å². The monoisotopic (exact) mass is 826 g/mol. The summed E-state index contributed by atoms with van der Waals surface area (Å²) in [4.78, 5) is 26.0. The van der Waals surface area contributed by atoms with Crippen molar-refractivity contribution in [3.63, 3.8) is 0 Å². The van der Waals surface area contributed by atoms with Crippen molar-refractivity contribution in [2.75, 3.05) is 6.61 Å². The number of amides is 1. The molecule has 0 aliphatic heterocycles. The summed E-state index contributed by atoms with van der Waals surface area (Å²) in [6, 6.07) is -0.711. The molecule has 342 valence electrons. The average Bonchev–Trinajstić information content (AvgIpc) is 3.23. The summed E-state index contributed by atoms with van der Waals surface area (Å²) < 4.78 is 5.87. The SMILES string of the molecule is CC/C=C\C/C=C\C/C=C\C/C=C\C/C=C\CCCC(=O)OC(CCCCCCCCCC)CC(=O)NC(CO)C(O)CCCCCCCCCCCCCCCCC. The van der Waals surface area contributed by atoms with E-state index in [-0.39, 0.29) is 24.9 Å². The number of carbonyl (C=O) groups excluding carboxylic acids is 2. The van der Waals surface area contributed by atoms with E-state index in [0.29, 0.717) is 25.7 Å². The van der Waals surface area contributed by atoms with Crippen LogP contribution in [0.1, 0.15) is 239 Å². The van der Waals surface area contributed by atoms with E-state index in [1.807, 2.05) is 0 Å². The van der Waals surface area contributed by atoms with Crippen LogP contribution in [0, 0.1) is 0 Å². The zero-order valence-electron chi connectivity index (χ0n) is 38.9. The van der Waals surface area contributed by atoms with Crippen molar-refractivity contribution in [2.45, 2.75) is 257 Å². The molecule has 0 bridgehead atoms. The first kappa shape index (κ1) is 56.6. The van der Waals surface area contributed by atoms with E-state index < -0.39 is 18.2 Å².